The smallest absolute Gasteiger partial charge is 0.325 e. The highest BCUT2D eigenvalue weighted by Crippen LogP contribution is 2.21. The summed E-state index contributed by atoms with van der Waals surface area (Å²) in [4.78, 5) is 11.5. The van der Waals surface area contributed by atoms with Crippen molar-refractivity contribution in [2.24, 2.45) is 0 Å². The van der Waals surface area contributed by atoms with Gasteiger partial charge in [0.05, 0.1) is 6.61 Å². The Balaban J connectivity index is 2.54. The fourth-order valence-electron chi connectivity index (χ4n) is 1.44. The Morgan fingerprint density at radius 1 is 1.37 bits per heavy atom. The van der Waals surface area contributed by atoms with Crippen LogP contribution in [0.3, 0.4) is 0 Å². The Hall–Kier alpha value is -1.78. The molecule has 1 aromatic rings. The molecule has 0 aliphatic rings. The summed E-state index contributed by atoms with van der Waals surface area (Å²) in [5.74, 6) is -0.650. The van der Waals surface area contributed by atoms with Crippen molar-refractivity contribution in [3.63, 3.8) is 0 Å². The predicted octanol–water partition coefficient (Wildman–Crippen LogP) is 2.98. The van der Waals surface area contributed by atoms with Crippen molar-refractivity contribution in [1.29, 1.82) is 0 Å². The second-order valence-corrected chi connectivity index (χ2v) is 5.02. The van der Waals surface area contributed by atoms with Crippen molar-refractivity contribution in [1.82, 2.24) is 0 Å². The van der Waals surface area contributed by atoms with Gasteiger partial charge in [-0.15, -0.1) is 0 Å². The molecule has 19 heavy (non-hydrogen) atoms. The third-order valence-electron chi connectivity index (χ3n) is 2.09. The number of carbonyl (C=O) groups is 1. The second kappa shape index (κ2) is 6.41. The molecule has 0 amide bonds. The molecule has 0 saturated carbocycles. The van der Waals surface area contributed by atoms with Gasteiger partial charge in [0.25, 0.3) is 0 Å². The minimum Gasteiger partial charge on any atom is -0.491 e. The van der Waals surface area contributed by atoms with Gasteiger partial charge in [-0.25, -0.2) is 4.39 Å². The summed E-state index contributed by atoms with van der Waals surface area (Å²) in [6.07, 6.45) is 0. The van der Waals surface area contributed by atoms with Crippen LogP contribution < -0.4 is 10.1 Å². The van der Waals surface area contributed by atoms with Crippen LogP contribution in [0.1, 0.15) is 27.7 Å². The summed E-state index contributed by atoms with van der Waals surface area (Å²) in [5.41, 5.74) is -0.0187. The summed E-state index contributed by atoms with van der Waals surface area (Å²) >= 11 is 0. The zero-order chi connectivity index (χ0) is 14.5. The molecule has 0 unspecified atom stereocenters. The number of anilines is 1. The third-order valence-corrected chi connectivity index (χ3v) is 2.09. The van der Waals surface area contributed by atoms with E-state index in [1.807, 2.05) is 0 Å². The van der Waals surface area contributed by atoms with Crippen LogP contribution in [0.25, 0.3) is 0 Å². The lowest BCUT2D eigenvalue weighted by molar-refractivity contribution is -0.152. The normalized spacial score (nSPS) is 11.0. The monoisotopic (exact) mass is 269 g/mol. The molecule has 106 valence electrons. The first-order chi connectivity index (χ1) is 8.81. The number of rotatable bonds is 5. The number of hydrogen-bond acceptors (Lipinski definition) is 4. The average molecular weight is 269 g/mol. The second-order valence-electron chi connectivity index (χ2n) is 5.02. The Labute approximate surface area is 112 Å². The molecule has 0 radical (unpaired) electrons. The minimum atomic E-state index is -0.525. The molecule has 1 rings (SSSR count). The fraction of sp³-hybridized carbons (Fsp3) is 0.500. The van der Waals surface area contributed by atoms with Crippen LogP contribution in [0.4, 0.5) is 10.1 Å². The van der Waals surface area contributed by atoms with Crippen molar-refractivity contribution in [3.8, 4) is 5.75 Å². The number of nitrogens with one attached hydrogen (secondary N) is 1. The Kier molecular flexibility index (Phi) is 5.15. The summed E-state index contributed by atoms with van der Waals surface area (Å²) < 4.78 is 23.8. The minimum absolute atomic E-state index is 0.00923. The molecule has 5 heteroatoms. The molecule has 0 heterocycles. The van der Waals surface area contributed by atoms with E-state index in [2.05, 4.69) is 5.32 Å². The first-order valence-corrected chi connectivity index (χ1v) is 6.20. The first kappa shape index (κ1) is 15.3. The highest BCUT2D eigenvalue weighted by atomic mass is 19.1. The molecule has 0 fully saturated rings. The van der Waals surface area contributed by atoms with Crippen LogP contribution in [-0.4, -0.2) is 24.7 Å². The van der Waals surface area contributed by atoms with Gasteiger partial charge >= 0.3 is 5.97 Å². The van der Waals surface area contributed by atoms with E-state index < -0.39 is 11.4 Å². The van der Waals surface area contributed by atoms with E-state index in [-0.39, 0.29) is 18.3 Å². The fourth-order valence-corrected chi connectivity index (χ4v) is 1.44. The van der Waals surface area contributed by atoms with Crippen molar-refractivity contribution in [2.75, 3.05) is 18.5 Å². The third kappa shape index (κ3) is 5.59. The number of benzene rings is 1. The molecule has 0 aliphatic heterocycles. The summed E-state index contributed by atoms with van der Waals surface area (Å²) in [6, 6.07) is 4.46. The zero-order valence-corrected chi connectivity index (χ0v) is 11.7. The van der Waals surface area contributed by atoms with E-state index in [1.165, 1.54) is 12.1 Å². The van der Waals surface area contributed by atoms with Gasteiger partial charge in [-0.3, -0.25) is 4.79 Å². The molecule has 0 aliphatic carbocycles. The maximum atomic E-state index is 13.6. The molecule has 0 saturated heterocycles. The highest BCUT2D eigenvalue weighted by molar-refractivity contribution is 5.75. The highest BCUT2D eigenvalue weighted by Gasteiger charge is 2.15. The van der Waals surface area contributed by atoms with Crippen LogP contribution in [0.5, 0.6) is 5.75 Å². The summed E-state index contributed by atoms with van der Waals surface area (Å²) in [6.45, 7) is 7.56. The Morgan fingerprint density at radius 3 is 2.58 bits per heavy atom. The maximum absolute atomic E-state index is 13.6. The molecule has 0 spiro atoms. The molecule has 0 aromatic heterocycles. The molecule has 1 aromatic carbocycles. The molecule has 0 atom stereocenters. The molecule has 0 bridgehead atoms. The number of halogens is 1. The number of hydrogen-bond donors (Lipinski definition) is 1. The van der Waals surface area contributed by atoms with E-state index in [1.54, 1.807) is 33.8 Å². The van der Waals surface area contributed by atoms with E-state index in [0.29, 0.717) is 12.3 Å². The predicted molar refractivity (Wildman–Crippen MR) is 71.9 cm³/mol. The van der Waals surface area contributed by atoms with Crippen LogP contribution in [0.2, 0.25) is 0 Å². The first-order valence-electron chi connectivity index (χ1n) is 6.20. The molecule has 1 N–H and O–H groups in total. The van der Waals surface area contributed by atoms with Gasteiger partial charge in [0.1, 0.15) is 12.1 Å². The summed E-state index contributed by atoms with van der Waals surface area (Å²) in [5, 5.41) is 2.81. The van der Waals surface area contributed by atoms with Crippen molar-refractivity contribution >= 4 is 11.7 Å². The molecular formula is C14H20FNO3. The van der Waals surface area contributed by atoms with E-state index in [9.17, 15) is 9.18 Å². The van der Waals surface area contributed by atoms with E-state index >= 15 is 0 Å². The van der Waals surface area contributed by atoms with Crippen molar-refractivity contribution in [3.05, 3.63) is 24.0 Å². The standard InChI is InChI=1S/C14H20FNO3/c1-5-18-12-7-6-10(8-11(12)15)16-9-13(17)19-14(2,3)4/h6-8,16H,5,9H2,1-4H3. The quantitative estimate of drug-likeness (QED) is 0.835. The lowest BCUT2D eigenvalue weighted by atomic mass is 10.2. The van der Waals surface area contributed by atoms with Gasteiger partial charge in [-0.2, -0.15) is 0 Å². The van der Waals surface area contributed by atoms with Crippen LogP contribution in [0.15, 0.2) is 18.2 Å². The number of ether oxygens (including phenoxy) is 2. The van der Waals surface area contributed by atoms with Crippen molar-refractivity contribution in [2.45, 2.75) is 33.3 Å². The largest absolute Gasteiger partial charge is 0.491 e. The van der Waals surface area contributed by atoms with E-state index in [4.69, 9.17) is 9.47 Å². The van der Waals surface area contributed by atoms with Crippen LogP contribution >= 0.6 is 0 Å². The number of carbonyl (C=O) groups excluding carboxylic acids is 1. The van der Waals surface area contributed by atoms with Crippen molar-refractivity contribution < 1.29 is 18.7 Å². The van der Waals surface area contributed by atoms with Gasteiger partial charge < -0.3 is 14.8 Å². The van der Waals surface area contributed by atoms with E-state index in [0.717, 1.165) is 0 Å². The van der Waals surface area contributed by atoms with Gasteiger partial charge in [-0.1, -0.05) is 0 Å². The maximum Gasteiger partial charge on any atom is 0.325 e. The topological polar surface area (TPSA) is 47.6 Å². The molecule has 4 nitrogen and oxygen atoms in total. The zero-order valence-electron chi connectivity index (χ0n) is 11.7. The van der Waals surface area contributed by atoms with Crippen LogP contribution in [-0.2, 0) is 9.53 Å². The van der Waals surface area contributed by atoms with Gasteiger partial charge in [-0.05, 0) is 39.8 Å². The van der Waals surface area contributed by atoms with Gasteiger partial charge in [0.2, 0.25) is 0 Å². The number of esters is 1. The van der Waals surface area contributed by atoms with Crippen LogP contribution in [0, 0.1) is 5.82 Å². The van der Waals surface area contributed by atoms with Gasteiger partial charge in [0.15, 0.2) is 11.6 Å². The van der Waals surface area contributed by atoms with Gasteiger partial charge in [0, 0.05) is 11.8 Å². The Bertz CT molecular complexity index is 441. The Morgan fingerprint density at radius 2 is 2.05 bits per heavy atom. The lowest BCUT2D eigenvalue weighted by Crippen LogP contribution is -2.28. The lowest BCUT2D eigenvalue weighted by Gasteiger charge is -2.19. The summed E-state index contributed by atoms with van der Waals surface area (Å²) in [7, 11) is 0. The SMILES string of the molecule is CCOc1ccc(NCC(=O)OC(C)(C)C)cc1F. The average Bonchev–Trinajstić information content (AvgIpc) is 2.27. The molecular weight excluding hydrogens is 249 g/mol.